The molecule has 6 heteroatoms. The third-order valence-electron chi connectivity index (χ3n) is 4.06. The fourth-order valence-corrected chi connectivity index (χ4v) is 3.90. The molecular formula is C16H22ClN3OS. The fraction of sp³-hybridized carbons (Fsp3) is 0.500. The van der Waals surface area contributed by atoms with Gasteiger partial charge in [0, 0.05) is 24.9 Å². The summed E-state index contributed by atoms with van der Waals surface area (Å²) < 4.78 is 1.21. The largest absolute Gasteiger partial charge is 0.355 e. The lowest BCUT2D eigenvalue weighted by atomic mass is 9.85. The molecule has 0 spiro atoms. The van der Waals surface area contributed by atoms with Gasteiger partial charge in [0.25, 0.3) is 0 Å². The highest BCUT2D eigenvalue weighted by Gasteiger charge is 2.24. The van der Waals surface area contributed by atoms with E-state index in [4.69, 9.17) is 5.73 Å². The summed E-state index contributed by atoms with van der Waals surface area (Å²) in [6.07, 6.45) is 4.71. The Labute approximate surface area is 140 Å². The quantitative estimate of drug-likeness (QED) is 0.900. The van der Waals surface area contributed by atoms with E-state index in [1.807, 2.05) is 18.2 Å². The number of fused-ring (bicyclic) bond motifs is 1. The second-order valence-corrected chi connectivity index (χ2v) is 6.86. The van der Waals surface area contributed by atoms with Crippen molar-refractivity contribution in [2.24, 2.45) is 11.7 Å². The van der Waals surface area contributed by atoms with Crippen LogP contribution in [0.4, 0.5) is 0 Å². The zero-order chi connectivity index (χ0) is 14.7. The number of thiazole rings is 1. The Balaban J connectivity index is 0.00000176. The maximum absolute atomic E-state index is 12.1. The number of nitrogens with zero attached hydrogens (tertiary/aromatic N) is 1. The summed E-state index contributed by atoms with van der Waals surface area (Å²) in [6.45, 7) is 0.657. The van der Waals surface area contributed by atoms with E-state index in [0.29, 0.717) is 6.54 Å². The van der Waals surface area contributed by atoms with E-state index < -0.39 is 0 Å². The highest BCUT2D eigenvalue weighted by Crippen LogP contribution is 2.23. The van der Waals surface area contributed by atoms with Crippen molar-refractivity contribution >= 4 is 39.9 Å². The molecule has 1 heterocycles. The second-order valence-electron chi connectivity index (χ2n) is 5.74. The summed E-state index contributed by atoms with van der Waals surface area (Å²) in [7, 11) is 0. The highest BCUT2D eigenvalue weighted by molar-refractivity contribution is 7.18. The van der Waals surface area contributed by atoms with Gasteiger partial charge in [0.05, 0.1) is 15.2 Å². The van der Waals surface area contributed by atoms with Crippen LogP contribution < -0.4 is 11.1 Å². The molecule has 1 aliphatic rings. The number of amides is 1. The van der Waals surface area contributed by atoms with E-state index in [0.717, 1.165) is 42.6 Å². The molecule has 22 heavy (non-hydrogen) atoms. The van der Waals surface area contributed by atoms with Crippen LogP contribution in [-0.4, -0.2) is 23.5 Å². The first-order valence-corrected chi connectivity index (χ1v) is 8.42. The second kappa shape index (κ2) is 7.90. The molecule has 1 amide bonds. The first-order chi connectivity index (χ1) is 10.2. The van der Waals surface area contributed by atoms with E-state index in [2.05, 4.69) is 16.4 Å². The molecule has 3 N–H and O–H groups in total. The standard InChI is InChI=1S/C16H21N3OS.ClH/c17-12-5-3-4-11(10-12)16(20)18-9-8-15-19-13-6-1-2-7-14(13)21-15;/h1-2,6-7,11-12H,3-5,8-10,17H2,(H,18,20);1H. The number of hydrogen-bond acceptors (Lipinski definition) is 4. The number of aromatic nitrogens is 1. The third kappa shape index (κ3) is 4.18. The fourth-order valence-electron chi connectivity index (χ4n) is 2.93. The molecule has 1 saturated carbocycles. The number of nitrogens with two attached hydrogens (primary N) is 1. The van der Waals surface area contributed by atoms with Gasteiger partial charge in [0.15, 0.2) is 0 Å². The molecular weight excluding hydrogens is 318 g/mol. The van der Waals surface area contributed by atoms with Gasteiger partial charge in [-0.05, 0) is 31.4 Å². The number of hydrogen-bond donors (Lipinski definition) is 2. The van der Waals surface area contributed by atoms with Gasteiger partial charge in [-0.1, -0.05) is 18.6 Å². The van der Waals surface area contributed by atoms with E-state index in [1.54, 1.807) is 11.3 Å². The number of nitrogens with one attached hydrogen (secondary N) is 1. The Morgan fingerprint density at radius 1 is 1.36 bits per heavy atom. The summed E-state index contributed by atoms with van der Waals surface area (Å²) in [5.41, 5.74) is 6.98. The minimum Gasteiger partial charge on any atom is -0.355 e. The molecule has 3 rings (SSSR count). The minimum atomic E-state index is 0. The van der Waals surface area contributed by atoms with Gasteiger partial charge in [0.2, 0.25) is 5.91 Å². The van der Waals surface area contributed by atoms with Crippen molar-refractivity contribution in [3.05, 3.63) is 29.3 Å². The summed E-state index contributed by atoms with van der Waals surface area (Å²) in [5, 5.41) is 4.12. The number of rotatable bonds is 4. The SMILES string of the molecule is Cl.NC1CCCC(C(=O)NCCc2nc3ccccc3s2)C1. The minimum absolute atomic E-state index is 0. The van der Waals surface area contributed by atoms with Gasteiger partial charge in [-0.15, -0.1) is 23.7 Å². The van der Waals surface area contributed by atoms with Crippen molar-refractivity contribution in [1.82, 2.24) is 10.3 Å². The van der Waals surface area contributed by atoms with E-state index in [1.165, 1.54) is 4.70 Å². The number of carbonyl (C=O) groups excluding carboxylic acids is 1. The summed E-state index contributed by atoms with van der Waals surface area (Å²) in [5.74, 6) is 0.260. The maximum Gasteiger partial charge on any atom is 0.223 e. The molecule has 0 aliphatic heterocycles. The molecule has 0 bridgehead atoms. The average molecular weight is 340 g/mol. The Hall–Kier alpha value is -1.17. The van der Waals surface area contributed by atoms with Crippen molar-refractivity contribution < 1.29 is 4.79 Å². The van der Waals surface area contributed by atoms with Gasteiger partial charge in [-0.2, -0.15) is 0 Å². The molecule has 120 valence electrons. The molecule has 1 fully saturated rings. The van der Waals surface area contributed by atoms with E-state index >= 15 is 0 Å². The van der Waals surface area contributed by atoms with Gasteiger partial charge >= 0.3 is 0 Å². The van der Waals surface area contributed by atoms with Crippen LogP contribution >= 0.6 is 23.7 Å². The van der Waals surface area contributed by atoms with Gasteiger partial charge in [-0.25, -0.2) is 4.98 Å². The molecule has 2 aromatic rings. The number of carbonyl (C=O) groups is 1. The molecule has 2 unspecified atom stereocenters. The van der Waals surface area contributed by atoms with Crippen LogP contribution in [-0.2, 0) is 11.2 Å². The van der Waals surface area contributed by atoms with Gasteiger partial charge in [0.1, 0.15) is 0 Å². The lowest BCUT2D eigenvalue weighted by Gasteiger charge is -2.25. The van der Waals surface area contributed by atoms with Crippen LogP contribution in [0.25, 0.3) is 10.2 Å². The first kappa shape index (κ1) is 17.2. The highest BCUT2D eigenvalue weighted by atomic mass is 35.5. The normalized spacial score (nSPS) is 21.3. The summed E-state index contributed by atoms with van der Waals surface area (Å²) in [6, 6.07) is 8.33. The summed E-state index contributed by atoms with van der Waals surface area (Å²) in [4.78, 5) is 16.7. The predicted octanol–water partition coefficient (Wildman–Crippen LogP) is 2.89. The zero-order valence-electron chi connectivity index (χ0n) is 12.5. The number of para-hydroxylation sites is 1. The predicted molar refractivity (Wildman–Crippen MR) is 93.5 cm³/mol. The Morgan fingerprint density at radius 2 is 2.18 bits per heavy atom. The topological polar surface area (TPSA) is 68.0 Å². The van der Waals surface area contributed by atoms with Crippen molar-refractivity contribution in [3.63, 3.8) is 0 Å². The first-order valence-electron chi connectivity index (χ1n) is 7.60. The van der Waals surface area contributed by atoms with Gasteiger partial charge < -0.3 is 11.1 Å². The number of benzene rings is 1. The molecule has 0 radical (unpaired) electrons. The van der Waals surface area contributed by atoms with Crippen molar-refractivity contribution in [3.8, 4) is 0 Å². The van der Waals surface area contributed by atoms with Crippen LogP contribution in [0.5, 0.6) is 0 Å². The molecule has 0 saturated heterocycles. The van der Waals surface area contributed by atoms with Crippen LogP contribution in [0.15, 0.2) is 24.3 Å². The smallest absolute Gasteiger partial charge is 0.223 e. The molecule has 2 atom stereocenters. The zero-order valence-corrected chi connectivity index (χ0v) is 14.1. The Kier molecular flexibility index (Phi) is 6.17. The van der Waals surface area contributed by atoms with Crippen LogP contribution in [0.1, 0.15) is 30.7 Å². The molecule has 1 aromatic carbocycles. The Bertz CT molecular complexity index is 598. The van der Waals surface area contributed by atoms with Crippen LogP contribution in [0.3, 0.4) is 0 Å². The molecule has 1 aromatic heterocycles. The number of halogens is 1. The third-order valence-corrected chi connectivity index (χ3v) is 5.16. The lowest BCUT2D eigenvalue weighted by molar-refractivity contribution is -0.126. The van der Waals surface area contributed by atoms with E-state index in [9.17, 15) is 4.79 Å². The molecule has 1 aliphatic carbocycles. The van der Waals surface area contributed by atoms with Crippen molar-refractivity contribution in [2.75, 3.05) is 6.54 Å². The van der Waals surface area contributed by atoms with Crippen LogP contribution in [0, 0.1) is 5.92 Å². The monoisotopic (exact) mass is 339 g/mol. The maximum atomic E-state index is 12.1. The summed E-state index contributed by atoms with van der Waals surface area (Å²) >= 11 is 1.70. The lowest BCUT2D eigenvalue weighted by Crippen LogP contribution is -2.38. The van der Waals surface area contributed by atoms with Crippen molar-refractivity contribution in [1.29, 1.82) is 0 Å². The Morgan fingerprint density at radius 3 is 2.95 bits per heavy atom. The molecule has 4 nitrogen and oxygen atoms in total. The average Bonchev–Trinajstić information content (AvgIpc) is 2.89. The van der Waals surface area contributed by atoms with E-state index in [-0.39, 0.29) is 30.3 Å². The van der Waals surface area contributed by atoms with Crippen molar-refractivity contribution in [2.45, 2.75) is 38.1 Å². The van der Waals surface area contributed by atoms with Crippen LogP contribution in [0.2, 0.25) is 0 Å². The van der Waals surface area contributed by atoms with Gasteiger partial charge in [-0.3, -0.25) is 4.79 Å².